The van der Waals surface area contributed by atoms with Gasteiger partial charge in [-0.05, 0) is 54.4 Å². The molecule has 0 aromatic rings. The van der Waals surface area contributed by atoms with Crippen molar-refractivity contribution in [3.05, 3.63) is 0 Å². The second kappa shape index (κ2) is 10.4. The van der Waals surface area contributed by atoms with Crippen LogP contribution >= 0.6 is 0 Å². The van der Waals surface area contributed by atoms with Crippen molar-refractivity contribution in [3.8, 4) is 0 Å². The standard InChI is InChI=1S/C25H56O5Si3/c1-23(2,3)31(11,12)27-18-20-22(30-33(15,16)25(7,8)9)19(17-21(26-10)28-20)29-32(13,14)24(4,5)6/h19-22H,17-18H2,1-16H3/t19-,20-,21?,22-/m1/s1. The summed E-state index contributed by atoms with van der Waals surface area (Å²) in [6, 6.07) is 0. The number of hydrogen-bond donors (Lipinski definition) is 0. The summed E-state index contributed by atoms with van der Waals surface area (Å²) in [6.07, 6.45) is -0.101. The molecule has 0 bridgehead atoms. The van der Waals surface area contributed by atoms with Gasteiger partial charge in [-0.25, -0.2) is 0 Å². The molecule has 0 radical (unpaired) electrons. The first-order valence-corrected chi connectivity index (χ1v) is 21.4. The minimum absolute atomic E-state index is 0.0771. The van der Waals surface area contributed by atoms with Crippen LogP contribution < -0.4 is 0 Å². The highest BCUT2D eigenvalue weighted by atomic mass is 28.4. The quantitative estimate of drug-likeness (QED) is 0.309. The number of hydrogen-bond acceptors (Lipinski definition) is 5. The van der Waals surface area contributed by atoms with E-state index in [0.717, 1.165) is 0 Å². The third-order valence-corrected chi connectivity index (χ3v) is 22.1. The first kappa shape index (κ1) is 31.5. The summed E-state index contributed by atoms with van der Waals surface area (Å²) >= 11 is 0. The molecule has 1 rings (SSSR count). The van der Waals surface area contributed by atoms with Gasteiger partial charge in [-0.3, -0.25) is 0 Å². The lowest BCUT2D eigenvalue weighted by Gasteiger charge is -2.50. The average Bonchev–Trinajstić information content (AvgIpc) is 2.58. The van der Waals surface area contributed by atoms with Crippen LogP contribution in [0.3, 0.4) is 0 Å². The lowest BCUT2D eigenvalue weighted by Crippen LogP contribution is -2.61. The van der Waals surface area contributed by atoms with E-state index in [4.69, 9.17) is 22.8 Å². The average molecular weight is 521 g/mol. The van der Waals surface area contributed by atoms with Gasteiger partial charge in [-0.1, -0.05) is 62.3 Å². The van der Waals surface area contributed by atoms with Gasteiger partial charge in [0.15, 0.2) is 31.2 Å². The summed E-state index contributed by atoms with van der Waals surface area (Å²) < 4.78 is 32.9. The van der Waals surface area contributed by atoms with Crippen LogP contribution in [0.1, 0.15) is 68.7 Å². The summed E-state index contributed by atoms with van der Waals surface area (Å²) in [7, 11) is -4.32. The van der Waals surface area contributed by atoms with Crippen LogP contribution in [0.5, 0.6) is 0 Å². The summed E-state index contributed by atoms with van der Waals surface area (Å²) in [5.41, 5.74) is 0. The molecule has 1 aliphatic heterocycles. The minimum atomic E-state index is -2.07. The highest BCUT2D eigenvalue weighted by Crippen LogP contribution is 2.43. The van der Waals surface area contributed by atoms with Crippen molar-refractivity contribution < 1.29 is 22.8 Å². The van der Waals surface area contributed by atoms with E-state index >= 15 is 0 Å². The van der Waals surface area contributed by atoms with E-state index in [1.807, 2.05) is 0 Å². The highest BCUT2D eigenvalue weighted by Gasteiger charge is 2.50. The predicted octanol–water partition coefficient (Wildman–Crippen LogP) is 7.55. The van der Waals surface area contributed by atoms with Gasteiger partial charge in [0.2, 0.25) is 0 Å². The molecule has 0 spiro atoms. The van der Waals surface area contributed by atoms with Crippen molar-refractivity contribution in [1.82, 2.24) is 0 Å². The molecule has 33 heavy (non-hydrogen) atoms. The van der Waals surface area contributed by atoms with Crippen LogP contribution in [0, 0.1) is 0 Å². The Morgan fingerprint density at radius 2 is 1.12 bits per heavy atom. The Morgan fingerprint density at radius 3 is 1.52 bits per heavy atom. The zero-order chi connectivity index (χ0) is 26.3. The number of rotatable bonds is 8. The molecule has 1 unspecified atom stereocenters. The van der Waals surface area contributed by atoms with E-state index in [-0.39, 0.29) is 39.7 Å². The zero-order valence-electron chi connectivity index (χ0n) is 24.8. The lowest BCUT2D eigenvalue weighted by atomic mass is 10.0. The summed E-state index contributed by atoms with van der Waals surface area (Å²) in [4.78, 5) is 0. The molecule has 0 amide bonds. The monoisotopic (exact) mass is 520 g/mol. The molecule has 1 saturated heterocycles. The maximum Gasteiger partial charge on any atom is 0.192 e. The molecular weight excluding hydrogens is 465 g/mol. The van der Waals surface area contributed by atoms with Crippen molar-refractivity contribution in [2.75, 3.05) is 13.7 Å². The first-order valence-electron chi connectivity index (χ1n) is 12.6. The van der Waals surface area contributed by atoms with Crippen LogP contribution in [-0.2, 0) is 22.8 Å². The van der Waals surface area contributed by atoms with Crippen molar-refractivity contribution in [3.63, 3.8) is 0 Å². The molecule has 1 heterocycles. The van der Waals surface area contributed by atoms with Gasteiger partial charge in [-0.2, -0.15) is 0 Å². The Hall–Kier alpha value is 0.451. The van der Waals surface area contributed by atoms with Crippen molar-refractivity contribution in [2.45, 2.75) is 148 Å². The lowest BCUT2D eigenvalue weighted by molar-refractivity contribution is -0.242. The maximum absolute atomic E-state index is 7.06. The van der Waals surface area contributed by atoms with Gasteiger partial charge in [0.25, 0.3) is 0 Å². The Morgan fingerprint density at radius 1 is 0.697 bits per heavy atom. The zero-order valence-corrected chi connectivity index (χ0v) is 27.8. The normalized spacial score (nSPS) is 26.5. The molecule has 0 aliphatic carbocycles. The molecular formula is C25H56O5Si3. The molecule has 8 heteroatoms. The first-order chi connectivity index (χ1) is 14.5. The van der Waals surface area contributed by atoms with Crippen LogP contribution in [0.2, 0.25) is 54.4 Å². The summed E-state index contributed by atoms with van der Waals surface area (Å²) in [5.74, 6) is 0. The molecule has 1 aliphatic rings. The van der Waals surface area contributed by atoms with Crippen molar-refractivity contribution in [1.29, 1.82) is 0 Å². The molecule has 198 valence electrons. The fraction of sp³-hybridized carbons (Fsp3) is 1.00. The second-order valence-electron chi connectivity index (χ2n) is 14.4. The smallest absolute Gasteiger partial charge is 0.192 e. The molecule has 5 nitrogen and oxygen atoms in total. The molecule has 0 aromatic carbocycles. The Balaban J connectivity index is 3.35. The third-order valence-electron chi connectivity index (χ3n) is 8.65. The van der Waals surface area contributed by atoms with Crippen LogP contribution in [0.4, 0.5) is 0 Å². The van der Waals surface area contributed by atoms with E-state index in [9.17, 15) is 0 Å². The molecule has 4 atom stereocenters. The number of methoxy groups -OCH3 is 1. The van der Waals surface area contributed by atoms with E-state index in [0.29, 0.717) is 13.0 Å². The van der Waals surface area contributed by atoms with Gasteiger partial charge < -0.3 is 22.8 Å². The summed E-state index contributed by atoms with van der Waals surface area (Å²) in [5, 5.41) is 0.342. The largest absolute Gasteiger partial charge is 0.414 e. The fourth-order valence-corrected chi connectivity index (χ4v) is 6.72. The van der Waals surface area contributed by atoms with Crippen molar-refractivity contribution >= 4 is 25.0 Å². The van der Waals surface area contributed by atoms with Crippen molar-refractivity contribution in [2.24, 2.45) is 0 Å². The summed E-state index contributed by atoms with van der Waals surface area (Å²) in [6.45, 7) is 34.8. The molecule has 0 aromatic heterocycles. The van der Waals surface area contributed by atoms with E-state index in [1.165, 1.54) is 0 Å². The van der Waals surface area contributed by atoms with E-state index in [1.54, 1.807) is 7.11 Å². The van der Waals surface area contributed by atoms with Gasteiger partial charge in [-0.15, -0.1) is 0 Å². The highest BCUT2D eigenvalue weighted by molar-refractivity contribution is 6.75. The molecule has 0 saturated carbocycles. The molecule has 1 fully saturated rings. The van der Waals surface area contributed by atoms with E-state index in [2.05, 4.69) is 102 Å². The number of ether oxygens (including phenoxy) is 2. The van der Waals surface area contributed by atoms with Crippen LogP contribution in [-0.4, -0.2) is 63.3 Å². The van der Waals surface area contributed by atoms with E-state index < -0.39 is 25.0 Å². The second-order valence-corrected chi connectivity index (χ2v) is 28.7. The van der Waals surface area contributed by atoms with Gasteiger partial charge in [0.05, 0.1) is 18.8 Å². The predicted molar refractivity (Wildman–Crippen MR) is 148 cm³/mol. The topological polar surface area (TPSA) is 46.2 Å². The van der Waals surface area contributed by atoms with Gasteiger partial charge >= 0.3 is 0 Å². The molecule has 0 N–H and O–H groups in total. The van der Waals surface area contributed by atoms with Crippen LogP contribution in [0.25, 0.3) is 0 Å². The maximum atomic E-state index is 7.06. The van der Waals surface area contributed by atoms with Gasteiger partial charge in [0, 0.05) is 13.5 Å². The Kier molecular flexibility index (Phi) is 9.96. The Bertz CT molecular complexity index is 629. The minimum Gasteiger partial charge on any atom is -0.414 e. The SMILES string of the molecule is COC1C[C@@H](O[Si](C)(C)C(C)(C)C)[C@@H](O[Si](C)(C)C(C)(C)C)[C@@H](CO[Si](C)(C)C(C)(C)C)O1. The Labute approximate surface area is 209 Å². The fourth-order valence-electron chi connectivity index (χ4n) is 3.02. The van der Waals surface area contributed by atoms with Gasteiger partial charge in [0.1, 0.15) is 6.10 Å². The third kappa shape index (κ3) is 7.97. The van der Waals surface area contributed by atoms with Crippen LogP contribution in [0.15, 0.2) is 0 Å².